The van der Waals surface area contributed by atoms with Crippen molar-refractivity contribution in [1.29, 1.82) is 0 Å². The molecule has 1 unspecified atom stereocenters. The summed E-state index contributed by atoms with van der Waals surface area (Å²) in [6.45, 7) is 0. The molecule has 0 amide bonds. The van der Waals surface area contributed by atoms with Gasteiger partial charge in [-0.15, -0.1) is 0 Å². The number of benzene rings is 2. The molecule has 0 spiro atoms. The van der Waals surface area contributed by atoms with E-state index >= 15 is 0 Å². The third-order valence-electron chi connectivity index (χ3n) is 3.14. The molecule has 5 heteroatoms. The number of hydrogen-bond donors (Lipinski definition) is 1. The molecule has 0 aliphatic heterocycles. The van der Waals surface area contributed by atoms with E-state index in [4.69, 9.17) is 11.6 Å². The van der Waals surface area contributed by atoms with Crippen LogP contribution in [0, 0.1) is 5.82 Å². The molecule has 106 valence electrons. The van der Waals surface area contributed by atoms with E-state index in [1.807, 2.05) is 31.3 Å². The summed E-state index contributed by atoms with van der Waals surface area (Å²) in [4.78, 5) is 0. The van der Waals surface area contributed by atoms with Gasteiger partial charge in [-0.25, -0.2) is 4.39 Å². The van der Waals surface area contributed by atoms with Crippen molar-refractivity contribution in [3.63, 3.8) is 0 Å². The Hall–Kier alpha value is -0.420. The van der Waals surface area contributed by atoms with Crippen LogP contribution in [0.2, 0.25) is 5.02 Å². The van der Waals surface area contributed by atoms with E-state index in [2.05, 4.69) is 37.2 Å². The van der Waals surface area contributed by atoms with Crippen LogP contribution in [-0.2, 0) is 6.42 Å². The Kier molecular flexibility index (Phi) is 5.61. The first-order valence-electron chi connectivity index (χ1n) is 6.08. The molecule has 2 aromatic carbocycles. The van der Waals surface area contributed by atoms with Crippen LogP contribution in [0.4, 0.5) is 4.39 Å². The van der Waals surface area contributed by atoms with Gasteiger partial charge in [0.25, 0.3) is 0 Å². The molecule has 0 saturated carbocycles. The summed E-state index contributed by atoms with van der Waals surface area (Å²) in [5, 5.41) is 3.82. The van der Waals surface area contributed by atoms with Gasteiger partial charge in [-0.2, -0.15) is 0 Å². The lowest BCUT2D eigenvalue weighted by molar-refractivity contribution is 0.531. The largest absolute Gasteiger partial charge is 0.313 e. The van der Waals surface area contributed by atoms with Crippen molar-refractivity contribution in [3.05, 3.63) is 67.3 Å². The van der Waals surface area contributed by atoms with Crippen molar-refractivity contribution in [2.45, 2.75) is 12.5 Å². The fourth-order valence-corrected chi connectivity index (χ4v) is 3.47. The lowest BCUT2D eigenvalue weighted by atomic mass is 9.98. The van der Waals surface area contributed by atoms with Gasteiger partial charge < -0.3 is 5.32 Å². The summed E-state index contributed by atoms with van der Waals surface area (Å²) in [7, 11) is 1.82. The normalized spacial score (nSPS) is 12.4. The van der Waals surface area contributed by atoms with E-state index in [1.54, 1.807) is 6.07 Å². The Labute approximate surface area is 139 Å². The van der Waals surface area contributed by atoms with Crippen molar-refractivity contribution in [1.82, 2.24) is 5.32 Å². The van der Waals surface area contributed by atoms with E-state index in [0.29, 0.717) is 17.0 Å². The van der Waals surface area contributed by atoms with Crippen molar-refractivity contribution < 1.29 is 4.39 Å². The summed E-state index contributed by atoms with van der Waals surface area (Å²) < 4.78 is 15.7. The SMILES string of the molecule is CNC(Cc1ccc(Br)cc1Cl)c1c(F)cccc1Br. The molecule has 2 rings (SSSR count). The van der Waals surface area contributed by atoms with Gasteiger partial charge in [0, 0.05) is 25.6 Å². The molecular weight excluding hydrogens is 408 g/mol. The van der Waals surface area contributed by atoms with Crippen LogP contribution in [0.3, 0.4) is 0 Å². The number of halogens is 4. The first-order chi connectivity index (χ1) is 9.52. The van der Waals surface area contributed by atoms with Gasteiger partial charge in [0.05, 0.1) is 0 Å². The molecule has 0 radical (unpaired) electrons. The van der Waals surface area contributed by atoms with E-state index in [0.717, 1.165) is 14.5 Å². The Morgan fingerprint density at radius 1 is 1.25 bits per heavy atom. The minimum atomic E-state index is -0.230. The average molecular weight is 422 g/mol. The Balaban J connectivity index is 2.34. The van der Waals surface area contributed by atoms with E-state index in [1.165, 1.54) is 6.07 Å². The smallest absolute Gasteiger partial charge is 0.129 e. The van der Waals surface area contributed by atoms with Gasteiger partial charge in [-0.05, 0) is 43.3 Å². The minimum absolute atomic E-state index is 0.149. The van der Waals surface area contributed by atoms with Crippen LogP contribution in [-0.4, -0.2) is 7.05 Å². The van der Waals surface area contributed by atoms with Crippen LogP contribution in [0.1, 0.15) is 17.2 Å². The van der Waals surface area contributed by atoms with Crippen molar-refractivity contribution in [2.24, 2.45) is 0 Å². The molecule has 0 aromatic heterocycles. The lowest BCUT2D eigenvalue weighted by Crippen LogP contribution is -2.20. The summed E-state index contributed by atoms with van der Waals surface area (Å²) in [6, 6.07) is 10.6. The molecule has 0 fully saturated rings. The van der Waals surface area contributed by atoms with Crippen LogP contribution in [0.5, 0.6) is 0 Å². The topological polar surface area (TPSA) is 12.0 Å². The van der Waals surface area contributed by atoms with Crippen LogP contribution in [0.15, 0.2) is 45.3 Å². The molecule has 0 bridgehead atoms. The molecule has 1 atom stereocenters. The van der Waals surface area contributed by atoms with Crippen molar-refractivity contribution >= 4 is 43.5 Å². The lowest BCUT2D eigenvalue weighted by Gasteiger charge is -2.19. The first-order valence-corrected chi connectivity index (χ1v) is 8.04. The first kappa shape index (κ1) is 16.0. The van der Waals surface area contributed by atoms with Gasteiger partial charge >= 0.3 is 0 Å². The van der Waals surface area contributed by atoms with Crippen LogP contribution < -0.4 is 5.32 Å². The summed E-state index contributed by atoms with van der Waals surface area (Å²) in [5.74, 6) is -0.230. The molecule has 0 aliphatic rings. The van der Waals surface area contributed by atoms with Gasteiger partial charge in [0.2, 0.25) is 0 Å². The second-order valence-electron chi connectivity index (χ2n) is 4.42. The zero-order chi connectivity index (χ0) is 14.7. The standard InChI is InChI=1S/C15H13Br2ClFN/c1-20-14(15-11(17)3-2-4-13(15)19)7-9-5-6-10(16)8-12(9)18/h2-6,8,14,20H,7H2,1H3. The predicted molar refractivity (Wildman–Crippen MR) is 88.8 cm³/mol. The molecule has 20 heavy (non-hydrogen) atoms. The molecule has 0 saturated heterocycles. The maximum Gasteiger partial charge on any atom is 0.129 e. The fraction of sp³-hybridized carbons (Fsp3) is 0.200. The summed E-state index contributed by atoms with van der Waals surface area (Å²) >= 11 is 13.0. The second kappa shape index (κ2) is 7.03. The predicted octanol–water partition coefficient (Wildman–Crippen LogP) is 5.51. The zero-order valence-corrected chi connectivity index (χ0v) is 14.7. The monoisotopic (exact) mass is 419 g/mol. The molecule has 1 nitrogen and oxygen atoms in total. The summed E-state index contributed by atoms with van der Waals surface area (Å²) in [5.41, 5.74) is 1.60. The summed E-state index contributed by atoms with van der Waals surface area (Å²) in [6.07, 6.45) is 0.613. The highest BCUT2D eigenvalue weighted by Crippen LogP contribution is 2.31. The maximum atomic E-state index is 14.0. The highest BCUT2D eigenvalue weighted by Gasteiger charge is 2.18. The zero-order valence-electron chi connectivity index (χ0n) is 10.8. The van der Waals surface area contributed by atoms with E-state index < -0.39 is 0 Å². The highest BCUT2D eigenvalue weighted by molar-refractivity contribution is 9.10. The number of nitrogens with one attached hydrogen (secondary N) is 1. The van der Waals surface area contributed by atoms with Gasteiger partial charge in [0.1, 0.15) is 5.82 Å². The van der Waals surface area contributed by atoms with Crippen molar-refractivity contribution in [3.8, 4) is 0 Å². The molecule has 0 aliphatic carbocycles. The third-order valence-corrected chi connectivity index (χ3v) is 4.67. The van der Waals surface area contributed by atoms with E-state index in [-0.39, 0.29) is 11.9 Å². The second-order valence-corrected chi connectivity index (χ2v) is 6.59. The Morgan fingerprint density at radius 2 is 2.00 bits per heavy atom. The van der Waals surface area contributed by atoms with Gasteiger partial charge in [0.15, 0.2) is 0 Å². The quantitative estimate of drug-likeness (QED) is 0.687. The van der Waals surface area contributed by atoms with Crippen molar-refractivity contribution in [2.75, 3.05) is 7.05 Å². The van der Waals surface area contributed by atoms with Gasteiger partial charge in [-0.3, -0.25) is 0 Å². The highest BCUT2D eigenvalue weighted by atomic mass is 79.9. The average Bonchev–Trinajstić information content (AvgIpc) is 2.39. The number of hydrogen-bond acceptors (Lipinski definition) is 1. The minimum Gasteiger partial charge on any atom is -0.313 e. The van der Waals surface area contributed by atoms with Crippen LogP contribution in [0.25, 0.3) is 0 Å². The Morgan fingerprint density at radius 3 is 2.60 bits per heavy atom. The Bertz CT molecular complexity index is 599. The molecule has 0 heterocycles. The number of likely N-dealkylation sites (N-methyl/N-ethyl adjacent to an activating group) is 1. The van der Waals surface area contributed by atoms with E-state index in [9.17, 15) is 4.39 Å². The third kappa shape index (κ3) is 3.61. The molecule has 2 aromatic rings. The molecule has 1 N–H and O–H groups in total. The van der Waals surface area contributed by atoms with Crippen LogP contribution >= 0.6 is 43.5 Å². The van der Waals surface area contributed by atoms with Gasteiger partial charge in [-0.1, -0.05) is 55.6 Å². The fourth-order valence-electron chi connectivity index (χ4n) is 2.10. The molecular formula is C15H13Br2ClFN. The maximum absolute atomic E-state index is 14.0. The number of rotatable bonds is 4.